The number of ether oxygens (including phenoxy) is 1. The van der Waals surface area contributed by atoms with E-state index in [9.17, 15) is 0 Å². The molecule has 4 aromatic rings. The van der Waals surface area contributed by atoms with Gasteiger partial charge in [0.25, 0.3) is 0 Å². The summed E-state index contributed by atoms with van der Waals surface area (Å²) in [6.45, 7) is 8.80. The third-order valence-electron chi connectivity index (χ3n) is 4.98. The minimum atomic E-state index is 0. The Morgan fingerprint density at radius 3 is 2.67 bits per heavy atom. The van der Waals surface area contributed by atoms with Gasteiger partial charge in [-0.2, -0.15) is 0 Å². The van der Waals surface area contributed by atoms with E-state index in [0.717, 1.165) is 47.0 Å². The van der Waals surface area contributed by atoms with Crippen molar-refractivity contribution in [2.24, 2.45) is 5.92 Å². The molecule has 0 radical (unpaired) electrons. The Morgan fingerprint density at radius 1 is 1.09 bits per heavy atom. The number of benzene rings is 2. The SMILES string of the molecule is CCNCc1ccc2nc(-c3ccc(Cc4cc(Cl)ccc4OCC(C)C)o3)[nH]c2c1.Cl.Cl. The number of furan rings is 1. The second kappa shape index (κ2) is 12.3. The first-order valence-corrected chi connectivity index (χ1v) is 11.1. The largest absolute Gasteiger partial charge is 0.493 e. The molecule has 0 aliphatic heterocycles. The van der Waals surface area contributed by atoms with Gasteiger partial charge in [0.05, 0.1) is 17.6 Å². The normalized spacial score (nSPS) is 10.8. The minimum absolute atomic E-state index is 0. The third-order valence-corrected chi connectivity index (χ3v) is 5.21. The molecule has 0 aliphatic carbocycles. The number of nitrogens with one attached hydrogen (secondary N) is 2. The summed E-state index contributed by atoms with van der Waals surface area (Å²) in [5.74, 6) is 3.56. The smallest absolute Gasteiger partial charge is 0.174 e. The van der Waals surface area contributed by atoms with Crippen molar-refractivity contribution in [1.29, 1.82) is 0 Å². The van der Waals surface area contributed by atoms with Crippen LogP contribution in [0.2, 0.25) is 5.02 Å². The molecule has 2 aromatic heterocycles. The van der Waals surface area contributed by atoms with Gasteiger partial charge >= 0.3 is 0 Å². The molecule has 0 spiro atoms. The van der Waals surface area contributed by atoms with E-state index in [1.54, 1.807) is 0 Å². The van der Waals surface area contributed by atoms with Crippen LogP contribution < -0.4 is 10.1 Å². The van der Waals surface area contributed by atoms with Crippen LogP contribution in [0, 0.1) is 5.92 Å². The van der Waals surface area contributed by atoms with Gasteiger partial charge in [0.1, 0.15) is 11.5 Å². The number of fused-ring (bicyclic) bond motifs is 1. The van der Waals surface area contributed by atoms with Crippen molar-refractivity contribution >= 4 is 47.4 Å². The average molecular weight is 511 g/mol. The topological polar surface area (TPSA) is 63.1 Å². The lowest BCUT2D eigenvalue weighted by Gasteiger charge is -2.13. The van der Waals surface area contributed by atoms with Crippen LogP contribution >= 0.6 is 36.4 Å². The number of halogens is 3. The molecule has 2 heterocycles. The molecule has 178 valence electrons. The molecule has 0 aliphatic rings. The second-order valence-corrected chi connectivity index (χ2v) is 8.55. The van der Waals surface area contributed by atoms with E-state index in [1.165, 1.54) is 5.56 Å². The highest BCUT2D eigenvalue weighted by Crippen LogP contribution is 2.29. The molecule has 0 fully saturated rings. The molecule has 0 atom stereocenters. The molecule has 0 amide bonds. The molecule has 2 N–H and O–H groups in total. The van der Waals surface area contributed by atoms with E-state index in [4.69, 9.17) is 20.8 Å². The predicted octanol–water partition coefficient (Wildman–Crippen LogP) is 7.06. The molecular weight excluding hydrogens is 481 g/mol. The van der Waals surface area contributed by atoms with Crippen LogP contribution in [0.5, 0.6) is 5.75 Å². The highest BCUT2D eigenvalue weighted by molar-refractivity contribution is 6.30. The molecular formula is C25H30Cl3N3O2. The predicted molar refractivity (Wildman–Crippen MR) is 140 cm³/mol. The van der Waals surface area contributed by atoms with E-state index >= 15 is 0 Å². The Hall–Kier alpha value is -2.18. The maximum absolute atomic E-state index is 6.23. The van der Waals surface area contributed by atoms with Crippen molar-refractivity contribution in [3.63, 3.8) is 0 Å². The molecule has 2 aromatic carbocycles. The van der Waals surface area contributed by atoms with Gasteiger partial charge in [-0.3, -0.25) is 0 Å². The Bertz CT molecular complexity index is 1170. The number of hydrogen-bond acceptors (Lipinski definition) is 4. The van der Waals surface area contributed by atoms with Gasteiger partial charge in [-0.15, -0.1) is 24.8 Å². The van der Waals surface area contributed by atoms with Gasteiger partial charge in [-0.1, -0.05) is 38.4 Å². The zero-order valence-corrected chi connectivity index (χ0v) is 21.4. The van der Waals surface area contributed by atoms with Crippen molar-refractivity contribution in [2.75, 3.05) is 13.2 Å². The molecule has 8 heteroatoms. The summed E-state index contributed by atoms with van der Waals surface area (Å²) >= 11 is 6.23. The van der Waals surface area contributed by atoms with Crippen LogP contribution in [-0.2, 0) is 13.0 Å². The minimum Gasteiger partial charge on any atom is -0.493 e. The van der Waals surface area contributed by atoms with Crippen LogP contribution in [-0.4, -0.2) is 23.1 Å². The number of imidazole rings is 1. The van der Waals surface area contributed by atoms with Crippen LogP contribution in [0.3, 0.4) is 0 Å². The molecule has 0 saturated heterocycles. The van der Waals surface area contributed by atoms with Crippen molar-refractivity contribution in [3.05, 3.63) is 70.4 Å². The van der Waals surface area contributed by atoms with Gasteiger partial charge in [-0.05, 0) is 60.5 Å². The van der Waals surface area contributed by atoms with Crippen molar-refractivity contribution < 1.29 is 9.15 Å². The zero-order valence-electron chi connectivity index (χ0n) is 19.0. The van der Waals surface area contributed by atoms with Crippen molar-refractivity contribution in [1.82, 2.24) is 15.3 Å². The Kier molecular flexibility index (Phi) is 10.1. The lowest BCUT2D eigenvalue weighted by Crippen LogP contribution is -2.11. The standard InChI is InChI=1S/C25H28ClN3O2.2ClH/c1-4-27-14-17-5-8-21-22(11-17)29-25(28-21)24-10-7-20(31-24)13-18-12-19(26)6-9-23(18)30-15-16(2)3;;/h5-12,16,27H,4,13-15H2,1-3H3,(H,28,29);2*1H. The number of nitrogens with zero attached hydrogens (tertiary/aromatic N) is 1. The first-order chi connectivity index (χ1) is 15.0. The van der Waals surface area contributed by atoms with E-state index in [0.29, 0.717) is 29.7 Å². The van der Waals surface area contributed by atoms with Gasteiger partial charge in [0, 0.05) is 23.6 Å². The summed E-state index contributed by atoms with van der Waals surface area (Å²) in [6, 6.07) is 15.9. The Balaban J connectivity index is 0.00000193. The summed E-state index contributed by atoms with van der Waals surface area (Å²) in [7, 11) is 0. The number of rotatable bonds is 9. The molecule has 4 rings (SSSR count). The number of aromatic amines is 1. The first kappa shape index (κ1) is 27.1. The summed E-state index contributed by atoms with van der Waals surface area (Å²) in [4.78, 5) is 8.07. The van der Waals surface area contributed by atoms with E-state index < -0.39 is 0 Å². The maximum atomic E-state index is 6.23. The first-order valence-electron chi connectivity index (χ1n) is 10.7. The second-order valence-electron chi connectivity index (χ2n) is 8.12. The van der Waals surface area contributed by atoms with E-state index in [2.05, 4.69) is 48.2 Å². The fourth-order valence-electron chi connectivity index (χ4n) is 3.42. The molecule has 0 bridgehead atoms. The fraction of sp³-hybridized carbons (Fsp3) is 0.320. The molecule has 5 nitrogen and oxygen atoms in total. The zero-order chi connectivity index (χ0) is 21.8. The highest BCUT2D eigenvalue weighted by Gasteiger charge is 2.13. The van der Waals surface area contributed by atoms with Crippen LogP contribution in [0.4, 0.5) is 0 Å². The van der Waals surface area contributed by atoms with Crippen molar-refractivity contribution in [2.45, 2.75) is 33.7 Å². The highest BCUT2D eigenvalue weighted by atomic mass is 35.5. The quantitative estimate of drug-likeness (QED) is 0.253. The monoisotopic (exact) mass is 509 g/mol. The third kappa shape index (κ3) is 6.90. The van der Waals surface area contributed by atoms with Gasteiger partial charge in [0.2, 0.25) is 0 Å². The lowest BCUT2D eigenvalue weighted by molar-refractivity contribution is 0.268. The summed E-state index contributed by atoms with van der Waals surface area (Å²) < 4.78 is 12.1. The number of aromatic nitrogens is 2. The lowest BCUT2D eigenvalue weighted by atomic mass is 10.1. The fourth-order valence-corrected chi connectivity index (χ4v) is 3.62. The van der Waals surface area contributed by atoms with Gasteiger partial charge in [-0.25, -0.2) is 4.98 Å². The summed E-state index contributed by atoms with van der Waals surface area (Å²) in [5.41, 5.74) is 4.15. The van der Waals surface area contributed by atoms with Crippen molar-refractivity contribution in [3.8, 4) is 17.3 Å². The molecule has 0 saturated carbocycles. The molecule has 33 heavy (non-hydrogen) atoms. The van der Waals surface area contributed by atoms with E-state index in [1.807, 2.05) is 36.4 Å². The maximum Gasteiger partial charge on any atom is 0.174 e. The van der Waals surface area contributed by atoms with Gasteiger partial charge < -0.3 is 19.5 Å². The number of H-pyrrole nitrogens is 1. The summed E-state index contributed by atoms with van der Waals surface area (Å²) in [6.07, 6.45) is 0.598. The summed E-state index contributed by atoms with van der Waals surface area (Å²) in [5, 5.41) is 4.03. The van der Waals surface area contributed by atoms with Crippen LogP contribution in [0.25, 0.3) is 22.6 Å². The molecule has 0 unspecified atom stereocenters. The van der Waals surface area contributed by atoms with Crippen LogP contribution in [0.15, 0.2) is 52.9 Å². The average Bonchev–Trinajstić information content (AvgIpc) is 3.38. The van der Waals surface area contributed by atoms with Gasteiger partial charge in [0.15, 0.2) is 11.6 Å². The Morgan fingerprint density at radius 2 is 1.91 bits per heavy atom. The van der Waals surface area contributed by atoms with Crippen LogP contribution in [0.1, 0.15) is 37.7 Å². The number of hydrogen-bond donors (Lipinski definition) is 2. The Labute approximate surface area is 212 Å². The van der Waals surface area contributed by atoms with E-state index in [-0.39, 0.29) is 24.8 Å².